The zero-order valence-electron chi connectivity index (χ0n) is 26.3. The number of nitrogens with zero attached hydrogens (tertiary/aromatic N) is 3. The normalized spacial score (nSPS) is 11.5. The van der Waals surface area contributed by atoms with Gasteiger partial charge in [0.1, 0.15) is 11.6 Å². The van der Waals surface area contributed by atoms with Gasteiger partial charge in [0.05, 0.1) is 22.1 Å². The second kappa shape index (κ2) is 11.1. The summed E-state index contributed by atoms with van der Waals surface area (Å²) in [6.45, 7) is 7.84. The first-order valence-electron chi connectivity index (χ1n) is 16.2. The Kier molecular flexibility index (Phi) is 6.44. The third-order valence-electron chi connectivity index (χ3n) is 9.48. The highest BCUT2D eigenvalue weighted by molar-refractivity contribution is 6.12. The molecule has 6 aromatic carbocycles. The fraction of sp³-hybridized carbons (Fsp3) is 0. The Morgan fingerprint density at radius 2 is 0.771 bits per heavy atom. The van der Waals surface area contributed by atoms with Gasteiger partial charge in [0.15, 0.2) is 0 Å². The van der Waals surface area contributed by atoms with Crippen molar-refractivity contribution in [3.8, 4) is 33.9 Å². The number of hydrogen-bond acceptors (Lipinski definition) is 1. The summed E-state index contributed by atoms with van der Waals surface area (Å²) in [7, 11) is 0. The Bertz CT molecular complexity index is 2520. The van der Waals surface area contributed by atoms with Gasteiger partial charge >= 0.3 is 0 Å². The van der Waals surface area contributed by atoms with Gasteiger partial charge in [0.25, 0.3) is 0 Å². The smallest absolute Gasteiger partial charge is 0.140 e. The first kappa shape index (κ1) is 27.8. The SMILES string of the molecule is C=Cc1ccc(-c2ccc3c(c2)c2cc(-c4ccc(C=C)cc4)ccc2n3-c2cccc(-n3c4ccccc4c4ccccc43)n2)cc1. The minimum Gasteiger partial charge on any atom is -0.294 e. The number of fused-ring (bicyclic) bond motifs is 6. The van der Waals surface area contributed by atoms with Gasteiger partial charge in [-0.2, -0.15) is 0 Å². The van der Waals surface area contributed by atoms with Crippen molar-refractivity contribution in [2.45, 2.75) is 0 Å². The molecule has 0 aliphatic heterocycles. The lowest BCUT2D eigenvalue weighted by Gasteiger charge is -2.12. The topological polar surface area (TPSA) is 22.8 Å². The molecule has 3 heteroatoms. The van der Waals surface area contributed by atoms with Crippen LogP contribution in [0.15, 0.2) is 165 Å². The van der Waals surface area contributed by atoms with E-state index in [1.807, 2.05) is 12.2 Å². The Hall–Kier alpha value is -6.45. The molecule has 0 saturated carbocycles. The molecule has 0 spiro atoms. The molecule has 0 atom stereocenters. The molecule has 0 saturated heterocycles. The molecule has 9 rings (SSSR count). The van der Waals surface area contributed by atoms with Gasteiger partial charge in [-0.05, 0) is 81.9 Å². The lowest BCUT2D eigenvalue weighted by molar-refractivity contribution is 1.01. The number of rotatable bonds is 6. The first-order valence-corrected chi connectivity index (χ1v) is 16.2. The van der Waals surface area contributed by atoms with Crippen molar-refractivity contribution in [1.29, 1.82) is 0 Å². The van der Waals surface area contributed by atoms with Crippen LogP contribution >= 0.6 is 0 Å². The maximum atomic E-state index is 5.36. The number of benzene rings is 6. The van der Waals surface area contributed by atoms with Crippen molar-refractivity contribution < 1.29 is 0 Å². The number of pyridine rings is 1. The Morgan fingerprint density at radius 3 is 1.21 bits per heavy atom. The third-order valence-corrected chi connectivity index (χ3v) is 9.48. The average molecular weight is 614 g/mol. The highest BCUT2D eigenvalue weighted by Gasteiger charge is 2.18. The molecule has 0 aliphatic carbocycles. The Labute approximate surface area is 279 Å². The lowest BCUT2D eigenvalue weighted by atomic mass is 9.99. The molecule has 0 unspecified atom stereocenters. The van der Waals surface area contributed by atoms with Crippen LogP contribution in [0.5, 0.6) is 0 Å². The molecule has 9 aromatic rings. The number of hydrogen-bond donors (Lipinski definition) is 0. The van der Waals surface area contributed by atoms with E-state index in [1.54, 1.807) is 0 Å². The summed E-state index contributed by atoms with van der Waals surface area (Å²) in [5.41, 5.74) is 11.4. The standard InChI is InChI=1S/C45H31N3/c1-3-30-16-20-32(21-17-30)34-24-26-42-38(28-34)39-29-35(33-22-18-31(4-2)19-23-33)25-27-43(39)48(42)45-15-9-14-44(46-45)47-40-12-7-5-10-36(40)37-11-6-8-13-41(37)47/h3-29H,1-2H2. The summed E-state index contributed by atoms with van der Waals surface area (Å²) in [6, 6.07) is 54.1. The molecule has 48 heavy (non-hydrogen) atoms. The molecule has 3 nitrogen and oxygen atoms in total. The van der Waals surface area contributed by atoms with E-state index >= 15 is 0 Å². The van der Waals surface area contributed by atoms with Crippen molar-refractivity contribution in [2.24, 2.45) is 0 Å². The van der Waals surface area contributed by atoms with Gasteiger partial charge in [-0.1, -0.05) is 128 Å². The Balaban J connectivity index is 1.28. The highest BCUT2D eigenvalue weighted by Crippen LogP contribution is 2.38. The molecule has 226 valence electrons. The van der Waals surface area contributed by atoms with E-state index in [2.05, 4.69) is 174 Å². The molecular formula is C45H31N3. The average Bonchev–Trinajstić information content (AvgIpc) is 3.67. The minimum atomic E-state index is 0.875. The molecule has 0 bridgehead atoms. The van der Waals surface area contributed by atoms with Crippen molar-refractivity contribution in [3.63, 3.8) is 0 Å². The van der Waals surface area contributed by atoms with Crippen LogP contribution in [0.4, 0.5) is 0 Å². The maximum absolute atomic E-state index is 5.36. The number of aromatic nitrogens is 3. The van der Waals surface area contributed by atoms with E-state index < -0.39 is 0 Å². The van der Waals surface area contributed by atoms with Crippen molar-refractivity contribution in [3.05, 3.63) is 176 Å². The predicted octanol–water partition coefficient (Wildman–Crippen LogP) is 11.9. The van der Waals surface area contributed by atoms with E-state index in [0.29, 0.717) is 0 Å². The minimum absolute atomic E-state index is 0.875. The summed E-state index contributed by atoms with van der Waals surface area (Å²) in [6.07, 6.45) is 3.76. The van der Waals surface area contributed by atoms with Crippen LogP contribution in [-0.4, -0.2) is 14.1 Å². The quantitative estimate of drug-likeness (QED) is 0.183. The van der Waals surface area contributed by atoms with Crippen LogP contribution in [0.1, 0.15) is 11.1 Å². The highest BCUT2D eigenvalue weighted by atomic mass is 15.1. The van der Waals surface area contributed by atoms with Crippen LogP contribution < -0.4 is 0 Å². The van der Waals surface area contributed by atoms with Crippen molar-refractivity contribution in [1.82, 2.24) is 14.1 Å². The predicted molar refractivity (Wildman–Crippen MR) is 204 cm³/mol. The van der Waals surface area contributed by atoms with Crippen LogP contribution in [0, 0.1) is 0 Å². The summed E-state index contributed by atoms with van der Waals surface area (Å²) < 4.78 is 4.58. The molecular weight excluding hydrogens is 583 g/mol. The molecule has 0 N–H and O–H groups in total. The fourth-order valence-electron chi connectivity index (χ4n) is 7.08. The van der Waals surface area contributed by atoms with Gasteiger partial charge in [0, 0.05) is 21.5 Å². The summed E-state index contributed by atoms with van der Waals surface area (Å²) >= 11 is 0. The van der Waals surface area contributed by atoms with Gasteiger partial charge in [-0.3, -0.25) is 9.13 Å². The van der Waals surface area contributed by atoms with Gasteiger partial charge < -0.3 is 0 Å². The second-order valence-corrected chi connectivity index (χ2v) is 12.2. The van der Waals surface area contributed by atoms with Gasteiger partial charge in [-0.15, -0.1) is 0 Å². The molecule has 3 heterocycles. The largest absolute Gasteiger partial charge is 0.294 e. The molecule has 0 aliphatic rings. The van der Waals surface area contributed by atoms with Gasteiger partial charge in [0.2, 0.25) is 0 Å². The summed E-state index contributed by atoms with van der Waals surface area (Å²) in [5.74, 6) is 1.76. The van der Waals surface area contributed by atoms with E-state index in [4.69, 9.17) is 4.98 Å². The monoisotopic (exact) mass is 613 g/mol. The van der Waals surface area contributed by atoms with Crippen molar-refractivity contribution in [2.75, 3.05) is 0 Å². The second-order valence-electron chi connectivity index (χ2n) is 12.2. The van der Waals surface area contributed by atoms with Crippen molar-refractivity contribution >= 4 is 55.8 Å². The van der Waals surface area contributed by atoms with Crippen LogP contribution in [0.25, 0.3) is 89.7 Å². The maximum Gasteiger partial charge on any atom is 0.140 e. The first-order chi connectivity index (χ1) is 23.7. The molecule has 0 amide bonds. The summed E-state index contributed by atoms with van der Waals surface area (Å²) in [4.78, 5) is 5.36. The molecule has 3 aromatic heterocycles. The van der Waals surface area contributed by atoms with E-state index in [1.165, 1.54) is 43.8 Å². The lowest BCUT2D eigenvalue weighted by Crippen LogP contribution is -2.03. The third kappa shape index (κ3) is 4.40. The summed E-state index contributed by atoms with van der Waals surface area (Å²) in [5, 5.41) is 4.81. The zero-order chi connectivity index (χ0) is 32.2. The van der Waals surface area contributed by atoms with Gasteiger partial charge in [-0.25, -0.2) is 4.98 Å². The fourth-order valence-corrected chi connectivity index (χ4v) is 7.08. The molecule has 0 radical (unpaired) electrons. The zero-order valence-corrected chi connectivity index (χ0v) is 26.3. The number of para-hydroxylation sites is 2. The van der Waals surface area contributed by atoms with E-state index in [-0.39, 0.29) is 0 Å². The van der Waals surface area contributed by atoms with Crippen LogP contribution in [-0.2, 0) is 0 Å². The van der Waals surface area contributed by atoms with E-state index in [9.17, 15) is 0 Å². The Morgan fingerprint density at radius 1 is 0.375 bits per heavy atom. The van der Waals surface area contributed by atoms with Crippen LogP contribution in [0.3, 0.4) is 0 Å². The van der Waals surface area contributed by atoms with Crippen LogP contribution in [0.2, 0.25) is 0 Å². The molecule has 0 fully saturated rings. The van der Waals surface area contributed by atoms with E-state index in [0.717, 1.165) is 44.8 Å².